The van der Waals surface area contributed by atoms with Crippen LogP contribution in [0.4, 0.5) is 22.7 Å². The smallest absolute Gasteiger partial charge is 0.145 e. The van der Waals surface area contributed by atoms with Gasteiger partial charge in [-0.05, 0) is 104 Å². The largest absolute Gasteiger partial charge is 0.457 e. The Morgan fingerprint density at radius 3 is 1.61 bits per heavy atom. The van der Waals surface area contributed by atoms with Crippen LogP contribution in [0.5, 0.6) is 11.5 Å². The summed E-state index contributed by atoms with van der Waals surface area (Å²) in [5, 5.41) is 9.28. The summed E-state index contributed by atoms with van der Waals surface area (Å²) in [6.07, 6.45) is 1.91. The van der Waals surface area contributed by atoms with Crippen LogP contribution in [0.25, 0.3) is 104 Å². The van der Waals surface area contributed by atoms with Gasteiger partial charge in [0.05, 0.1) is 33.8 Å². The van der Waals surface area contributed by atoms with Crippen LogP contribution in [0.1, 0.15) is 25.3 Å². The highest BCUT2D eigenvalue weighted by Crippen LogP contribution is 2.58. The number of aromatic nitrogens is 2. The Bertz CT molecular complexity index is 4420. The van der Waals surface area contributed by atoms with Crippen LogP contribution in [0.15, 0.2) is 237 Å². The molecular weight excluding hydrogens is 901 g/mol. The molecule has 0 aliphatic carbocycles. The first-order chi connectivity index (χ1) is 36.6. The fourth-order valence-electron chi connectivity index (χ4n) is 12.2. The lowest BCUT2D eigenvalue weighted by Crippen LogP contribution is -2.25. The molecule has 5 heterocycles. The number of fused-ring (bicyclic) bond motifs is 15. The minimum Gasteiger partial charge on any atom is -0.457 e. The number of benzene rings is 10. The molecule has 0 bridgehead atoms. The molecule has 0 saturated heterocycles. The molecule has 0 radical (unpaired) electrons. The second kappa shape index (κ2) is 16.6. The van der Waals surface area contributed by atoms with Crippen molar-refractivity contribution >= 4 is 82.5 Å². The first kappa shape index (κ1) is 42.3. The summed E-state index contributed by atoms with van der Waals surface area (Å²) in [6.45, 7) is 5.21. The maximum absolute atomic E-state index is 7.15. The number of para-hydroxylation sites is 2. The van der Waals surface area contributed by atoms with E-state index in [0.717, 1.165) is 50.0 Å². The van der Waals surface area contributed by atoms with E-state index in [2.05, 4.69) is 253 Å². The maximum Gasteiger partial charge on any atom is 0.145 e. The molecule has 0 unspecified atom stereocenters. The molecule has 2 aliphatic heterocycles. The van der Waals surface area contributed by atoms with E-state index in [1.807, 2.05) is 12.3 Å². The summed E-state index contributed by atoms with van der Waals surface area (Å²) in [7, 11) is 0. The lowest BCUT2D eigenvalue weighted by molar-refractivity contribution is 0.483. The van der Waals surface area contributed by atoms with Gasteiger partial charge in [-0.1, -0.05) is 184 Å². The normalized spacial score (nSPS) is 12.7. The van der Waals surface area contributed by atoms with Gasteiger partial charge in [0.25, 0.3) is 0 Å². The van der Waals surface area contributed by atoms with Crippen LogP contribution in [-0.2, 0) is 0 Å². The molecule has 0 amide bonds. The van der Waals surface area contributed by atoms with E-state index in [0.29, 0.717) is 12.6 Å². The quantitative estimate of drug-likeness (QED) is 0.166. The van der Waals surface area contributed by atoms with Crippen molar-refractivity contribution in [2.75, 3.05) is 16.5 Å². The van der Waals surface area contributed by atoms with Crippen LogP contribution in [0.3, 0.4) is 0 Å². The fraction of sp³-hybridized carbons (Fsp3) is 0.0580. The molecule has 0 N–H and O–H groups in total. The number of hydrogen-bond donors (Lipinski definition) is 0. The number of anilines is 4. The third-order valence-electron chi connectivity index (χ3n) is 15.6. The highest BCUT2D eigenvalue weighted by atomic mass is 16.5. The molecule has 0 atom stereocenters. The Kier molecular flexibility index (Phi) is 9.45. The van der Waals surface area contributed by atoms with Crippen molar-refractivity contribution < 1.29 is 4.74 Å². The molecule has 13 aromatic rings. The van der Waals surface area contributed by atoms with Crippen molar-refractivity contribution in [3.8, 4) is 56.0 Å². The second-order valence-electron chi connectivity index (χ2n) is 20.0. The predicted molar refractivity (Wildman–Crippen MR) is 309 cm³/mol. The third-order valence-corrected chi connectivity index (χ3v) is 15.6. The number of hydrogen-bond acceptors (Lipinski definition) is 4. The van der Waals surface area contributed by atoms with Crippen molar-refractivity contribution in [2.24, 2.45) is 0 Å². The van der Waals surface area contributed by atoms with Crippen molar-refractivity contribution in [3.05, 3.63) is 242 Å². The Morgan fingerprint density at radius 2 is 0.919 bits per heavy atom. The number of pyridine rings is 1. The molecule has 74 heavy (non-hydrogen) atoms. The molecule has 3 aromatic heterocycles. The SMILES string of the molecule is CC(C)c1cc2c3c(c1)N(c1c(-c4ccccc4)cccc1-c1ccccc1)CN3c1cc(Oc3ccc4c5cccc6c7ccccc7c7ccccc7c7cccnc7n(c4c3)c65)ccc1-c1ccccc1-2. The van der Waals surface area contributed by atoms with Crippen LogP contribution >= 0.6 is 0 Å². The number of ether oxygens (including phenoxy) is 1. The molecule has 5 heteroatoms. The van der Waals surface area contributed by atoms with Gasteiger partial charge in [-0.2, -0.15) is 0 Å². The zero-order valence-corrected chi connectivity index (χ0v) is 41.0. The van der Waals surface area contributed by atoms with Gasteiger partial charge in [0.15, 0.2) is 0 Å². The van der Waals surface area contributed by atoms with Crippen molar-refractivity contribution in [1.29, 1.82) is 0 Å². The van der Waals surface area contributed by atoms with Gasteiger partial charge in [-0.15, -0.1) is 0 Å². The Labute approximate surface area is 429 Å². The van der Waals surface area contributed by atoms with Gasteiger partial charge in [-0.3, -0.25) is 4.40 Å². The molecule has 5 nitrogen and oxygen atoms in total. The van der Waals surface area contributed by atoms with E-state index in [-0.39, 0.29) is 0 Å². The summed E-state index contributed by atoms with van der Waals surface area (Å²) in [5.41, 5.74) is 18.6. The van der Waals surface area contributed by atoms with Gasteiger partial charge < -0.3 is 14.5 Å². The van der Waals surface area contributed by atoms with Gasteiger partial charge >= 0.3 is 0 Å². The van der Waals surface area contributed by atoms with Crippen LogP contribution in [-0.4, -0.2) is 16.1 Å². The molecule has 2 aliphatic rings. The number of nitrogens with zero attached hydrogens (tertiary/aromatic N) is 4. The molecule has 0 saturated carbocycles. The molecule has 0 fully saturated rings. The number of rotatable bonds is 6. The highest BCUT2D eigenvalue weighted by molar-refractivity contribution is 6.25. The van der Waals surface area contributed by atoms with E-state index < -0.39 is 0 Å². The zero-order chi connectivity index (χ0) is 49.0. The first-order valence-corrected chi connectivity index (χ1v) is 25.7. The average Bonchev–Trinajstić information content (AvgIpc) is 4.00. The Hall–Kier alpha value is -9.45. The van der Waals surface area contributed by atoms with Gasteiger partial charge in [0, 0.05) is 62.1 Å². The summed E-state index contributed by atoms with van der Waals surface area (Å²) in [6, 6.07) is 84.0. The third kappa shape index (κ3) is 6.39. The minimum atomic E-state index is 0.314. The standard InChI is InChI=1S/C69H48N4O/c1-43(2)46-38-62-56-27-14-11-24-53(56)57-35-33-47(40-63(57)71-42-72(65(39-46)68(62)71)66-49(44-18-5-3-6-19-44)28-15-29-50(66)45-20-7-4-8-21-45)74-48-34-36-58-60-31-16-30-59-54-25-12-9-22-51(54)52-23-10-13-26-55(52)61-32-17-37-70-69(61)73(67(59)60)64(58)41-48/h3-41,43H,42H2,1-2H3. The molecule has 10 aromatic carbocycles. The van der Waals surface area contributed by atoms with Crippen molar-refractivity contribution in [2.45, 2.75) is 19.8 Å². The van der Waals surface area contributed by atoms with E-state index in [9.17, 15) is 0 Å². The average molecular weight is 949 g/mol. The fourth-order valence-corrected chi connectivity index (χ4v) is 12.2. The topological polar surface area (TPSA) is 33.0 Å². The zero-order valence-electron chi connectivity index (χ0n) is 41.0. The lowest BCUT2D eigenvalue weighted by atomic mass is 9.90. The van der Waals surface area contributed by atoms with Gasteiger partial charge in [0.2, 0.25) is 0 Å². The Morgan fingerprint density at radius 1 is 0.392 bits per heavy atom. The van der Waals surface area contributed by atoms with Crippen LogP contribution < -0.4 is 14.5 Å². The second-order valence-corrected chi connectivity index (χ2v) is 20.0. The van der Waals surface area contributed by atoms with Crippen molar-refractivity contribution in [3.63, 3.8) is 0 Å². The first-order valence-electron chi connectivity index (χ1n) is 25.7. The Balaban J connectivity index is 0.940. The molecule has 350 valence electrons. The van der Waals surface area contributed by atoms with Crippen LogP contribution in [0, 0.1) is 0 Å². The molecular formula is C69H48N4O. The van der Waals surface area contributed by atoms with E-state index in [1.54, 1.807) is 0 Å². The summed E-state index contributed by atoms with van der Waals surface area (Å²) >= 11 is 0. The van der Waals surface area contributed by atoms with E-state index in [1.165, 1.54) is 94.1 Å². The minimum absolute atomic E-state index is 0.314. The summed E-state index contributed by atoms with van der Waals surface area (Å²) in [5.74, 6) is 1.83. The predicted octanol–water partition coefficient (Wildman–Crippen LogP) is 18.8. The summed E-state index contributed by atoms with van der Waals surface area (Å²) in [4.78, 5) is 10.3. The van der Waals surface area contributed by atoms with E-state index in [4.69, 9.17) is 9.72 Å². The lowest BCUT2D eigenvalue weighted by Gasteiger charge is -2.28. The molecule has 0 spiro atoms. The molecule has 15 rings (SSSR count). The van der Waals surface area contributed by atoms with Gasteiger partial charge in [0.1, 0.15) is 23.8 Å². The monoisotopic (exact) mass is 948 g/mol. The van der Waals surface area contributed by atoms with Gasteiger partial charge in [-0.25, -0.2) is 4.98 Å². The maximum atomic E-state index is 7.15. The van der Waals surface area contributed by atoms with Crippen LogP contribution in [0.2, 0.25) is 0 Å². The van der Waals surface area contributed by atoms with E-state index >= 15 is 0 Å². The summed E-state index contributed by atoms with van der Waals surface area (Å²) < 4.78 is 9.52. The van der Waals surface area contributed by atoms with Crippen molar-refractivity contribution in [1.82, 2.24) is 9.38 Å². The highest BCUT2D eigenvalue weighted by Gasteiger charge is 2.38.